The van der Waals surface area contributed by atoms with E-state index in [-0.39, 0.29) is 13.0 Å². The number of aliphatic hydroxyl groups excluding tert-OH is 2. The van der Waals surface area contributed by atoms with Gasteiger partial charge in [-0.2, -0.15) is 18.0 Å². The number of nitrogens with one attached hydrogen (secondary N) is 2. The molecule has 3 aromatic heterocycles. The molecule has 4 atom stereocenters. The van der Waals surface area contributed by atoms with Crippen LogP contribution in [0.3, 0.4) is 0 Å². The Labute approximate surface area is 193 Å². The number of fused-ring (bicyclic) bond motifs is 2. The molecular formula is C20H21ClN6O5S. The van der Waals surface area contributed by atoms with Gasteiger partial charge in [-0.25, -0.2) is 10.1 Å². The van der Waals surface area contributed by atoms with Gasteiger partial charge in [0, 0.05) is 45.9 Å². The van der Waals surface area contributed by atoms with E-state index in [2.05, 4.69) is 24.6 Å². The molecule has 0 spiro atoms. The zero-order valence-corrected chi connectivity index (χ0v) is 18.7. The first-order chi connectivity index (χ1) is 15.7. The van der Waals surface area contributed by atoms with Crippen LogP contribution in [-0.2, 0) is 14.5 Å². The summed E-state index contributed by atoms with van der Waals surface area (Å²) < 4.78 is 28.3. The molecule has 0 saturated heterocycles. The number of hydrogen-bond donors (Lipinski definition) is 5. The lowest BCUT2D eigenvalue weighted by Gasteiger charge is -2.19. The SMILES string of the molecule is NS(=O)(=O)OCC1C[C@@H](Nc2ccnc3cc(-c4c[nH]c5ccc(Cl)cc45)nn23)[C@H](O)[C@@H]1O. The van der Waals surface area contributed by atoms with Gasteiger partial charge in [-0.05, 0) is 30.7 Å². The number of anilines is 1. The number of aliphatic hydroxyl groups is 2. The number of aromatic amines is 1. The lowest BCUT2D eigenvalue weighted by Crippen LogP contribution is -2.36. The van der Waals surface area contributed by atoms with Crippen LogP contribution in [-0.4, -0.2) is 63.1 Å². The van der Waals surface area contributed by atoms with Crippen LogP contribution in [0.15, 0.2) is 42.7 Å². The van der Waals surface area contributed by atoms with Crippen molar-refractivity contribution in [3.8, 4) is 11.3 Å². The Balaban J connectivity index is 1.43. The third-order valence-corrected chi connectivity index (χ3v) is 6.56. The summed E-state index contributed by atoms with van der Waals surface area (Å²) in [5.74, 6) is -0.0642. The summed E-state index contributed by atoms with van der Waals surface area (Å²) in [6.45, 7) is -0.323. The highest BCUT2D eigenvalue weighted by atomic mass is 35.5. The normalized spacial score (nSPS) is 23.5. The molecule has 11 nitrogen and oxygen atoms in total. The van der Waals surface area contributed by atoms with Gasteiger partial charge in [-0.1, -0.05) is 11.6 Å². The van der Waals surface area contributed by atoms with Gasteiger partial charge in [0.1, 0.15) is 11.9 Å². The maximum Gasteiger partial charge on any atom is 0.333 e. The molecule has 0 amide bonds. The van der Waals surface area contributed by atoms with E-state index in [1.807, 2.05) is 24.4 Å². The van der Waals surface area contributed by atoms with Gasteiger partial charge in [-0.15, -0.1) is 0 Å². The largest absolute Gasteiger partial charge is 0.390 e. The van der Waals surface area contributed by atoms with E-state index >= 15 is 0 Å². The van der Waals surface area contributed by atoms with E-state index in [0.717, 1.165) is 16.5 Å². The summed E-state index contributed by atoms with van der Waals surface area (Å²) in [5.41, 5.74) is 3.04. The highest BCUT2D eigenvalue weighted by Gasteiger charge is 2.42. The first kappa shape index (κ1) is 22.1. The molecule has 1 aliphatic rings. The van der Waals surface area contributed by atoms with Gasteiger partial charge in [-0.3, -0.25) is 4.18 Å². The summed E-state index contributed by atoms with van der Waals surface area (Å²) in [7, 11) is -4.14. The second kappa shape index (κ2) is 8.24. The van der Waals surface area contributed by atoms with Gasteiger partial charge < -0.3 is 20.5 Å². The molecule has 1 saturated carbocycles. The van der Waals surface area contributed by atoms with Gasteiger partial charge >= 0.3 is 10.3 Å². The predicted octanol–water partition coefficient (Wildman–Crippen LogP) is 1.27. The van der Waals surface area contributed by atoms with Crippen molar-refractivity contribution in [2.45, 2.75) is 24.7 Å². The number of aromatic nitrogens is 4. The van der Waals surface area contributed by atoms with E-state index in [1.54, 1.807) is 22.8 Å². The number of halogens is 1. The van der Waals surface area contributed by atoms with Crippen molar-refractivity contribution >= 4 is 44.3 Å². The molecule has 1 unspecified atom stereocenters. The Kier molecular flexibility index (Phi) is 5.51. The van der Waals surface area contributed by atoms with Crippen LogP contribution in [0, 0.1) is 5.92 Å². The Morgan fingerprint density at radius 3 is 2.88 bits per heavy atom. The fraction of sp³-hybridized carbons (Fsp3) is 0.300. The van der Waals surface area contributed by atoms with Crippen LogP contribution in [0.25, 0.3) is 27.8 Å². The van der Waals surface area contributed by atoms with Crippen molar-refractivity contribution in [2.75, 3.05) is 11.9 Å². The molecule has 4 aromatic rings. The number of nitrogens with zero attached hydrogens (tertiary/aromatic N) is 3. The molecule has 1 fully saturated rings. The Morgan fingerprint density at radius 2 is 2.09 bits per heavy atom. The van der Waals surface area contributed by atoms with Crippen molar-refractivity contribution in [1.29, 1.82) is 0 Å². The zero-order chi connectivity index (χ0) is 23.3. The van der Waals surface area contributed by atoms with Crippen LogP contribution < -0.4 is 10.5 Å². The van der Waals surface area contributed by atoms with Crippen LogP contribution in [0.5, 0.6) is 0 Å². The molecule has 0 radical (unpaired) electrons. The van der Waals surface area contributed by atoms with Gasteiger partial charge in [0.05, 0.1) is 24.4 Å². The van der Waals surface area contributed by atoms with Crippen molar-refractivity contribution in [3.63, 3.8) is 0 Å². The molecule has 3 heterocycles. The summed E-state index contributed by atoms with van der Waals surface area (Å²) in [5, 5.41) is 35.0. The average Bonchev–Trinajstić information content (AvgIpc) is 3.44. The van der Waals surface area contributed by atoms with E-state index in [4.69, 9.17) is 16.7 Å². The highest BCUT2D eigenvalue weighted by Crippen LogP contribution is 2.32. The maximum absolute atomic E-state index is 11.1. The quantitative estimate of drug-likeness (QED) is 0.268. The Morgan fingerprint density at radius 1 is 1.27 bits per heavy atom. The third-order valence-electron chi connectivity index (χ3n) is 5.86. The van der Waals surface area contributed by atoms with E-state index in [0.29, 0.717) is 22.2 Å². The number of rotatable bonds is 6. The minimum atomic E-state index is -4.14. The van der Waals surface area contributed by atoms with Gasteiger partial charge in [0.25, 0.3) is 0 Å². The number of nitrogens with two attached hydrogens (primary N) is 1. The zero-order valence-electron chi connectivity index (χ0n) is 17.1. The Hall–Kier alpha value is -2.74. The smallest absolute Gasteiger partial charge is 0.333 e. The fourth-order valence-corrected chi connectivity index (χ4v) is 4.78. The molecule has 6 N–H and O–H groups in total. The minimum Gasteiger partial charge on any atom is -0.390 e. The second-order valence-corrected chi connectivity index (χ2v) is 9.68. The molecule has 1 aliphatic carbocycles. The average molecular weight is 493 g/mol. The van der Waals surface area contributed by atoms with Gasteiger partial charge in [0.2, 0.25) is 0 Å². The summed E-state index contributed by atoms with van der Waals surface area (Å²) in [4.78, 5) is 7.56. The minimum absolute atomic E-state index is 0.261. The van der Waals surface area contributed by atoms with Crippen molar-refractivity contribution < 1.29 is 22.8 Å². The standard InChI is InChI=1S/C20H21ClN6O5S/c21-11-1-2-14-12(6-11)13(8-24-14)15-7-18-23-4-3-17(27(18)26-15)25-16-5-10(19(28)20(16)29)9-32-33(22,30)31/h1-4,6-8,10,16,19-20,24-25,28-29H,5,9H2,(H2,22,30,31)/t10?,16-,19-,20+/m1/s1. The van der Waals surface area contributed by atoms with Crippen LogP contribution in [0.4, 0.5) is 5.82 Å². The van der Waals surface area contributed by atoms with E-state index in [9.17, 15) is 18.6 Å². The molecule has 1 aromatic carbocycles. The van der Waals surface area contributed by atoms with E-state index < -0.39 is 34.5 Å². The molecule has 5 rings (SSSR count). The number of benzene rings is 1. The fourth-order valence-electron chi connectivity index (χ4n) is 4.25. The first-order valence-corrected chi connectivity index (χ1v) is 12.0. The topological polar surface area (TPSA) is 168 Å². The summed E-state index contributed by atoms with van der Waals surface area (Å²) in [6.07, 6.45) is 1.40. The van der Waals surface area contributed by atoms with Crippen LogP contribution in [0.2, 0.25) is 5.02 Å². The number of H-pyrrole nitrogens is 1. The third kappa shape index (κ3) is 4.28. The molecule has 13 heteroatoms. The summed E-state index contributed by atoms with van der Waals surface area (Å²) >= 11 is 6.16. The van der Waals surface area contributed by atoms with Crippen molar-refractivity contribution in [1.82, 2.24) is 19.6 Å². The predicted molar refractivity (Wildman–Crippen MR) is 122 cm³/mol. The molecular weight excluding hydrogens is 472 g/mol. The van der Waals surface area contributed by atoms with Crippen LogP contribution in [0.1, 0.15) is 6.42 Å². The lowest BCUT2D eigenvalue weighted by molar-refractivity contribution is 0.00777. The van der Waals surface area contributed by atoms with Crippen molar-refractivity contribution in [2.24, 2.45) is 11.1 Å². The van der Waals surface area contributed by atoms with Gasteiger partial charge in [0.15, 0.2) is 5.65 Å². The first-order valence-electron chi connectivity index (χ1n) is 10.1. The molecule has 0 aliphatic heterocycles. The lowest BCUT2D eigenvalue weighted by atomic mass is 10.1. The van der Waals surface area contributed by atoms with Crippen LogP contribution >= 0.6 is 11.6 Å². The second-order valence-electron chi connectivity index (χ2n) is 8.03. The molecule has 33 heavy (non-hydrogen) atoms. The van der Waals surface area contributed by atoms with Crippen molar-refractivity contribution in [3.05, 3.63) is 47.7 Å². The monoisotopic (exact) mass is 492 g/mol. The Bertz CT molecular complexity index is 1440. The number of hydrogen-bond acceptors (Lipinski definition) is 8. The molecule has 0 bridgehead atoms. The highest BCUT2D eigenvalue weighted by molar-refractivity contribution is 7.84. The maximum atomic E-state index is 11.1. The summed E-state index contributed by atoms with van der Waals surface area (Å²) in [6, 6.07) is 8.52. The van der Waals surface area contributed by atoms with E-state index in [1.165, 1.54) is 0 Å². The molecule has 174 valence electrons.